The number of rotatable bonds is 8. The molecule has 24 heavy (non-hydrogen) atoms. The molecule has 2 N–H and O–H groups in total. The molecule has 6 nitrogen and oxygen atoms in total. The number of ether oxygens (including phenoxy) is 2. The minimum Gasteiger partial charge on any atom is -0.493 e. The zero-order valence-corrected chi connectivity index (χ0v) is 13.8. The third-order valence-electron chi connectivity index (χ3n) is 3.12. The first kappa shape index (κ1) is 17.3. The average Bonchev–Trinajstić information content (AvgIpc) is 2.61. The van der Waals surface area contributed by atoms with Crippen LogP contribution in [0, 0.1) is 0 Å². The molecule has 2 aromatic carbocycles. The standard InChI is InChI=1S/C18H21N3O3/c1-3-24-17-11-14(9-10-16(17)23-2)12-20-21-18(22)13-19-15-7-5-4-6-8-15/h4-12,19H,3,13H2,1-2H3,(H,21,22)/b20-12+. The van der Waals surface area contributed by atoms with Gasteiger partial charge in [0.1, 0.15) is 0 Å². The minimum absolute atomic E-state index is 0.147. The number of para-hydroxylation sites is 1. The van der Waals surface area contributed by atoms with Crippen LogP contribution in [0.25, 0.3) is 0 Å². The molecule has 0 aromatic heterocycles. The summed E-state index contributed by atoms with van der Waals surface area (Å²) in [7, 11) is 1.59. The number of anilines is 1. The summed E-state index contributed by atoms with van der Waals surface area (Å²) >= 11 is 0. The van der Waals surface area contributed by atoms with Crippen LogP contribution in [0.15, 0.2) is 53.6 Å². The van der Waals surface area contributed by atoms with Crippen LogP contribution < -0.4 is 20.2 Å². The lowest BCUT2D eigenvalue weighted by atomic mass is 10.2. The summed E-state index contributed by atoms with van der Waals surface area (Å²) in [6.07, 6.45) is 1.56. The molecule has 0 spiro atoms. The molecule has 2 aromatic rings. The number of amides is 1. The van der Waals surface area contributed by atoms with Gasteiger partial charge in [0, 0.05) is 5.69 Å². The first-order valence-corrected chi connectivity index (χ1v) is 7.64. The quantitative estimate of drug-likeness (QED) is 0.577. The summed E-state index contributed by atoms with van der Waals surface area (Å²) in [6.45, 7) is 2.59. The number of nitrogens with one attached hydrogen (secondary N) is 2. The number of carbonyl (C=O) groups excluding carboxylic acids is 1. The van der Waals surface area contributed by atoms with E-state index in [2.05, 4.69) is 15.8 Å². The average molecular weight is 327 g/mol. The molecule has 0 bridgehead atoms. The van der Waals surface area contributed by atoms with Crippen molar-refractivity contribution in [2.45, 2.75) is 6.92 Å². The van der Waals surface area contributed by atoms with Crippen molar-refractivity contribution in [3.8, 4) is 11.5 Å². The van der Waals surface area contributed by atoms with E-state index in [4.69, 9.17) is 9.47 Å². The molecule has 0 saturated heterocycles. The Hall–Kier alpha value is -3.02. The molecule has 6 heteroatoms. The van der Waals surface area contributed by atoms with E-state index in [9.17, 15) is 4.79 Å². The van der Waals surface area contributed by atoms with E-state index < -0.39 is 0 Å². The van der Waals surface area contributed by atoms with Gasteiger partial charge in [-0.05, 0) is 42.8 Å². The number of hydrogen-bond acceptors (Lipinski definition) is 5. The van der Waals surface area contributed by atoms with Crippen molar-refractivity contribution in [2.24, 2.45) is 5.10 Å². The molecule has 0 saturated carbocycles. The second-order valence-electron chi connectivity index (χ2n) is 4.86. The number of carbonyl (C=O) groups is 1. The fourth-order valence-corrected chi connectivity index (χ4v) is 2.00. The van der Waals surface area contributed by atoms with Crippen molar-refractivity contribution in [1.29, 1.82) is 0 Å². The summed E-state index contributed by atoms with van der Waals surface area (Å²) < 4.78 is 10.7. The third kappa shape index (κ3) is 5.31. The Balaban J connectivity index is 1.86. The van der Waals surface area contributed by atoms with Crippen LogP contribution in [0.1, 0.15) is 12.5 Å². The SMILES string of the molecule is CCOc1cc(/C=N/NC(=O)CNc2ccccc2)ccc1OC. The molecule has 0 heterocycles. The van der Waals surface area contributed by atoms with E-state index in [1.807, 2.05) is 43.3 Å². The Morgan fingerprint density at radius 2 is 1.96 bits per heavy atom. The Morgan fingerprint density at radius 3 is 2.67 bits per heavy atom. The lowest BCUT2D eigenvalue weighted by Crippen LogP contribution is -2.25. The first-order valence-electron chi connectivity index (χ1n) is 7.64. The topological polar surface area (TPSA) is 72.0 Å². The van der Waals surface area contributed by atoms with Gasteiger partial charge >= 0.3 is 0 Å². The van der Waals surface area contributed by atoms with E-state index in [0.717, 1.165) is 11.3 Å². The highest BCUT2D eigenvalue weighted by Gasteiger charge is 2.04. The molecule has 2 rings (SSSR count). The van der Waals surface area contributed by atoms with Gasteiger partial charge in [0.2, 0.25) is 0 Å². The molecular weight excluding hydrogens is 306 g/mol. The monoisotopic (exact) mass is 327 g/mol. The highest BCUT2D eigenvalue weighted by Crippen LogP contribution is 2.27. The predicted molar refractivity (Wildman–Crippen MR) is 94.8 cm³/mol. The molecule has 0 atom stereocenters. The van der Waals surface area contributed by atoms with Crippen LogP contribution in [0.2, 0.25) is 0 Å². The number of methoxy groups -OCH3 is 1. The van der Waals surface area contributed by atoms with Gasteiger partial charge in [-0.25, -0.2) is 5.43 Å². The fourth-order valence-electron chi connectivity index (χ4n) is 2.00. The van der Waals surface area contributed by atoms with Crippen molar-refractivity contribution in [2.75, 3.05) is 25.6 Å². The van der Waals surface area contributed by atoms with Crippen LogP contribution in [0.5, 0.6) is 11.5 Å². The van der Waals surface area contributed by atoms with Gasteiger partial charge in [-0.1, -0.05) is 18.2 Å². The van der Waals surface area contributed by atoms with E-state index in [1.54, 1.807) is 25.5 Å². The summed E-state index contributed by atoms with van der Waals surface area (Å²) in [5, 5.41) is 6.96. The van der Waals surface area contributed by atoms with Crippen LogP contribution in [0.4, 0.5) is 5.69 Å². The lowest BCUT2D eigenvalue weighted by Gasteiger charge is -2.09. The normalized spacial score (nSPS) is 10.4. The second-order valence-corrected chi connectivity index (χ2v) is 4.86. The molecule has 0 fully saturated rings. The van der Waals surface area contributed by atoms with E-state index in [-0.39, 0.29) is 12.5 Å². The third-order valence-corrected chi connectivity index (χ3v) is 3.12. The summed E-state index contributed by atoms with van der Waals surface area (Å²) in [5.74, 6) is 1.07. The van der Waals surface area contributed by atoms with Crippen LogP contribution in [-0.4, -0.2) is 32.4 Å². The number of benzene rings is 2. The molecule has 126 valence electrons. The number of hydrogen-bond donors (Lipinski definition) is 2. The predicted octanol–water partition coefficient (Wildman–Crippen LogP) is 2.66. The molecule has 0 aliphatic heterocycles. The van der Waals surface area contributed by atoms with Crippen LogP contribution in [0.3, 0.4) is 0 Å². The Labute approximate surface area is 141 Å². The van der Waals surface area contributed by atoms with Gasteiger partial charge in [-0.3, -0.25) is 4.79 Å². The largest absolute Gasteiger partial charge is 0.493 e. The molecule has 0 radical (unpaired) electrons. The van der Waals surface area contributed by atoms with Crippen molar-refractivity contribution in [3.63, 3.8) is 0 Å². The molecule has 0 unspecified atom stereocenters. The van der Waals surface area contributed by atoms with Gasteiger partial charge in [-0.15, -0.1) is 0 Å². The van der Waals surface area contributed by atoms with Crippen molar-refractivity contribution >= 4 is 17.8 Å². The van der Waals surface area contributed by atoms with Gasteiger partial charge in [-0.2, -0.15) is 5.10 Å². The van der Waals surface area contributed by atoms with Crippen LogP contribution in [-0.2, 0) is 4.79 Å². The van der Waals surface area contributed by atoms with E-state index >= 15 is 0 Å². The molecule has 1 amide bonds. The molecular formula is C18H21N3O3. The maximum atomic E-state index is 11.7. The molecule has 0 aliphatic rings. The Kier molecular flexibility index (Phi) is 6.64. The highest BCUT2D eigenvalue weighted by atomic mass is 16.5. The van der Waals surface area contributed by atoms with Crippen LogP contribution >= 0.6 is 0 Å². The van der Waals surface area contributed by atoms with Gasteiger partial charge in [0.15, 0.2) is 11.5 Å². The fraction of sp³-hybridized carbons (Fsp3) is 0.222. The second kappa shape index (κ2) is 9.19. The first-order chi connectivity index (χ1) is 11.7. The number of nitrogens with zero attached hydrogens (tertiary/aromatic N) is 1. The van der Waals surface area contributed by atoms with Gasteiger partial charge < -0.3 is 14.8 Å². The van der Waals surface area contributed by atoms with Gasteiger partial charge in [0.25, 0.3) is 5.91 Å². The summed E-state index contributed by atoms with van der Waals surface area (Å²) in [4.78, 5) is 11.7. The maximum Gasteiger partial charge on any atom is 0.259 e. The van der Waals surface area contributed by atoms with Gasteiger partial charge in [0.05, 0.1) is 26.5 Å². The van der Waals surface area contributed by atoms with E-state index in [0.29, 0.717) is 18.1 Å². The Bertz CT molecular complexity index is 687. The summed E-state index contributed by atoms with van der Waals surface area (Å²) in [5.41, 5.74) is 4.16. The maximum absolute atomic E-state index is 11.7. The summed E-state index contributed by atoms with van der Waals surface area (Å²) in [6, 6.07) is 14.9. The zero-order valence-electron chi connectivity index (χ0n) is 13.8. The lowest BCUT2D eigenvalue weighted by molar-refractivity contribution is -0.119. The van der Waals surface area contributed by atoms with Crippen molar-refractivity contribution in [1.82, 2.24) is 5.43 Å². The smallest absolute Gasteiger partial charge is 0.259 e. The highest BCUT2D eigenvalue weighted by molar-refractivity contribution is 5.84. The van der Waals surface area contributed by atoms with Crippen molar-refractivity contribution < 1.29 is 14.3 Å². The minimum atomic E-state index is -0.228. The van der Waals surface area contributed by atoms with Crippen molar-refractivity contribution in [3.05, 3.63) is 54.1 Å². The Morgan fingerprint density at radius 1 is 1.17 bits per heavy atom. The van der Waals surface area contributed by atoms with E-state index in [1.165, 1.54) is 0 Å². The molecule has 0 aliphatic carbocycles. The number of hydrazone groups is 1. The zero-order chi connectivity index (χ0) is 17.2.